The van der Waals surface area contributed by atoms with E-state index in [2.05, 4.69) is 27.4 Å². The van der Waals surface area contributed by atoms with Crippen molar-refractivity contribution in [3.63, 3.8) is 0 Å². The van der Waals surface area contributed by atoms with Crippen LogP contribution >= 0.6 is 0 Å². The zero-order valence-electron chi connectivity index (χ0n) is 18.8. The second-order valence-corrected chi connectivity index (χ2v) is 8.08. The average molecular weight is 467 g/mol. The number of benzene rings is 2. The lowest BCUT2D eigenvalue weighted by atomic mass is 10.1. The van der Waals surface area contributed by atoms with E-state index in [1.165, 1.54) is 11.6 Å². The molecular weight excluding hydrogens is 441 g/mol. The highest BCUT2D eigenvalue weighted by molar-refractivity contribution is 5.61. The lowest BCUT2D eigenvalue weighted by Crippen LogP contribution is -2.05. The number of nitrogens with zero attached hydrogens (tertiary/aromatic N) is 4. The highest BCUT2D eigenvalue weighted by Gasteiger charge is 2.30. The Morgan fingerprint density at radius 3 is 2.50 bits per heavy atom. The first-order valence-electron chi connectivity index (χ1n) is 11.1. The number of alkyl halides is 3. The predicted octanol–water partition coefficient (Wildman–Crippen LogP) is 6.27. The van der Waals surface area contributed by atoms with Crippen LogP contribution in [0, 0.1) is 6.92 Å². The summed E-state index contributed by atoms with van der Waals surface area (Å²) in [6, 6.07) is 16.8. The van der Waals surface area contributed by atoms with Gasteiger partial charge in [-0.3, -0.25) is 9.67 Å². The first-order valence-corrected chi connectivity index (χ1v) is 11.1. The summed E-state index contributed by atoms with van der Waals surface area (Å²) in [7, 11) is 0. The Morgan fingerprint density at radius 1 is 0.971 bits per heavy atom. The number of aromatic nitrogens is 4. The minimum absolute atomic E-state index is 0.332. The highest BCUT2D eigenvalue weighted by atomic mass is 19.4. The number of hydrogen-bond donors (Lipinski definition) is 0. The maximum atomic E-state index is 13.0. The molecule has 5 nitrogen and oxygen atoms in total. The van der Waals surface area contributed by atoms with Crippen molar-refractivity contribution in [2.24, 2.45) is 0 Å². The van der Waals surface area contributed by atoms with Gasteiger partial charge in [-0.25, -0.2) is 0 Å². The van der Waals surface area contributed by atoms with E-state index in [1.807, 2.05) is 36.0 Å². The van der Waals surface area contributed by atoms with Crippen molar-refractivity contribution in [1.29, 1.82) is 0 Å². The van der Waals surface area contributed by atoms with Crippen LogP contribution in [0.2, 0.25) is 0 Å². The first-order chi connectivity index (χ1) is 16.4. The number of pyridine rings is 1. The van der Waals surface area contributed by atoms with Gasteiger partial charge in [0.2, 0.25) is 0 Å². The zero-order chi connectivity index (χ0) is 24.0. The van der Waals surface area contributed by atoms with E-state index in [0.717, 1.165) is 54.9 Å². The molecule has 176 valence electrons. The third-order valence-corrected chi connectivity index (χ3v) is 5.57. The molecule has 0 amide bonds. The third kappa shape index (κ3) is 6.21. The molecular formula is C26H25F3N4O. The van der Waals surface area contributed by atoms with Crippen LogP contribution in [-0.4, -0.2) is 20.0 Å². The van der Waals surface area contributed by atoms with Crippen LogP contribution in [0.1, 0.15) is 35.2 Å². The number of halogens is 3. The first kappa shape index (κ1) is 23.5. The van der Waals surface area contributed by atoms with Gasteiger partial charge >= 0.3 is 6.18 Å². The van der Waals surface area contributed by atoms with Crippen molar-refractivity contribution in [2.45, 2.75) is 45.5 Å². The predicted molar refractivity (Wildman–Crippen MR) is 123 cm³/mol. The summed E-state index contributed by atoms with van der Waals surface area (Å²) in [5.41, 5.74) is 3.10. The second-order valence-electron chi connectivity index (χ2n) is 8.08. The molecule has 0 atom stereocenters. The van der Waals surface area contributed by atoms with Gasteiger partial charge in [-0.05, 0) is 62.1 Å². The molecule has 4 aromatic rings. The van der Waals surface area contributed by atoms with Gasteiger partial charge in [0.1, 0.15) is 12.4 Å². The van der Waals surface area contributed by atoms with Crippen LogP contribution in [0.25, 0.3) is 11.3 Å². The van der Waals surface area contributed by atoms with Gasteiger partial charge in [0.05, 0.1) is 17.5 Å². The van der Waals surface area contributed by atoms with E-state index in [9.17, 15) is 13.2 Å². The lowest BCUT2D eigenvalue weighted by molar-refractivity contribution is -0.137. The molecule has 0 spiro atoms. The van der Waals surface area contributed by atoms with Crippen molar-refractivity contribution < 1.29 is 17.9 Å². The molecule has 0 radical (unpaired) electrons. The SMILES string of the molecule is Cc1nc(-c2cccc(C(F)(F)F)c2)ccc1COc1ccc(CCCCn2ccnn2)cc1. The highest BCUT2D eigenvalue weighted by Crippen LogP contribution is 2.32. The van der Waals surface area contributed by atoms with Gasteiger partial charge < -0.3 is 4.74 Å². The molecule has 0 aliphatic rings. The van der Waals surface area contributed by atoms with Crippen molar-refractivity contribution in [3.8, 4) is 17.0 Å². The van der Waals surface area contributed by atoms with Crippen LogP contribution in [0.15, 0.2) is 73.1 Å². The largest absolute Gasteiger partial charge is 0.489 e. The average Bonchev–Trinajstić information content (AvgIpc) is 3.35. The molecule has 0 fully saturated rings. The summed E-state index contributed by atoms with van der Waals surface area (Å²) < 4.78 is 46.7. The molecule has 2 aromatic carbocycles. The van der Waals surface area contributed by atoms with Crippen molar-refractivity contribution in [3.05, 3.63) is 95.4 Å². The summed E-state index contributed by atoms with van der Waals surface area (Å²) in [4.78, 5) is 4.50. The maximum absolute atomic E-state index is 13.0. The smallest absolute Gasteiger partial charge is 0.416 e. The van der Waals surface area contributed by atoms with Crippen LogP contribution in [0.4, 0.5) is 13.2 Å². The van der Waals surface area contributed by atoms with Gasteiger partial charge in [0.15, 0.2) is 0 Å². The molecule has 0 saturated heterocycles. The topological polar surface area (TPSA) is 52.8 Å². The van der Waals surface area contributed by atoms with Gasteiger partial charge in [-0.1, -0.05) is 35.5 Å². The van der Waals surface area contributed by atoms with Gasteiger partial charge in [-0.15, -0.1) is 5.10 Å². The van der Waals surface area contributed by atoms with Crippen molar-refractivity contribution in [1.82, 2.24) is 20.0 Å². The quantitative estimate of drug-likeness (QED) is 0.273. The third-order valence-electron chi connectivity index (χ3n) is 5.57. The number of hydrogen-bond acceptors (Lipinski definition) is 4. The van der Waals surface area contributed by atoms with Crippen molar-refractivity contribution in [2.75, 3.05) is 0 Å². The molecule has 0 saturated carbocycles. The number of rotatable bonds is 9. The second kappa shape index (κ2) is 10.5. The van der Waals surface area contributed by atoms with Crippen LogP contribution in [0.5, 0.6) is 5.75 Å². The van der Waals surface area contributed by atoms with Gasteiger partial charge in [0, 0.05) is 29.6 Å². The minimum atomic E-state index is -4.38. The molecule has 0 N–H and O–H groups in total. The fourth-order valence-electron chi connectivity index (χ4n) is 3.63. The van der Waals surface area contributed by atoms with E-state index in [-0.39, 0.29) is 0 Å². The Hall–Kier alpha value is -3.68. The molecule has 2 heterocycles. The Morgan fingerprint density at radius 2 is 1.79 bits per heavy atom. The fraction of sp³-hybridized carbons (Fsp3) is 0.269. The molecule has 4 rings (SSSR count). The molecule has 8 heteroatoms. The lowest BCUT2D eigenvalue weighted by Gasteiger charge is -2.12. The zero-order valence-corrected chi connectivity index (χ0v) is 18.8. The molecule has 0 aliphatic carbocycles. The minimum Gasteiger partial charge on any atom is -0.489 e. The van der Waals surface area contributed by atoms with E-state index >= 15 is 0 Å². The summed E-state index contributed by atoms with van der Waals surface area (Å²) in [6.07, 6.45) is 2.23. The summed E-state index contributed by atoms with van der Waals surface area (Å²) in [6.45, 7) is 3.03. The number of ether oxygens (including phenoxy) is 1. The van der Waals surface area contributed by atoms with E-state index in [4.69, 9.17) is 4.74 Å². The standard InChI is InChI=1S/C26H25F3N4O/c1-19-22(10-13-25(31-19)21-6-4-7-23(17-21)26(27,28)29)18-34-24-11-8-20(9-12-24)5-2-3-15-33-16-14-30-32-33/h4,6-14,16-17H,2-3,5,15,18H2,1H3. The Balaban J connectivity index is 1.30. The number of aryl methyl sites for hydroxylation is 3. The molecule has 0 aliphatic heterocycles. The summed E-state index contributed by atoms with van der Waals surface area (Å²) >= 11 is 0. The van der Waals surface area contributed by atoms with Gasteiger partial charge in [-0.2, -0.15) is 13.2 Å². The molecule has 2 aromatic heterocycles. The normalized spacial score (nSPS) is 11.5. The van der Waals surface area contributed by atoms with E-state index in [0.29, 0.717) is 17.9 Å². The maximum Gasteiger partial charge on any atom is 0.416 e. The van der Waals surface area contributed by atoms with Crippen LogP contribution in [-0.2, 0) is 25.7 Å². The van der Waals surface area contributed by atoms with Crippen molar-refractivity contribution >= 4 is 0 Å². The monoisotopic (exact) mass is 466 g/mol. The Kier molecular flexibility index (Phi) is 7.25. The van der Waals surface area contributed by atoms with E-state index in [1.54, 1.807) is 18.3 Å². The Bertz CT molecular complexity index is 1210. The van der Waals surface area contributed by atoms with Crippen LogP contribution in [0.3, 0.4) is 0 Å². The Labute approximate surface area is 196 Å². The summed E-state index contributed by atoms with van der Waals surface area (Å²) in [5, 5.41) is 7.76. The molecule has 0 bridgehead atoms. The van der Waals surface area contributed by atoms with Crippen LogP contribution < -0.4 is 4.74 Å². The fourth-order valence-corrected chi connectivity index (χ4v) is 3.63. The summed E-state index contributed by atoms with van der Waals surface area (Å²) in [5.74, 6) is 0.757. The van der Waals surface area contributed by atoms with E-state index < -0.39 is 11.7 Å². The molecule has 0 unspecified atom stereocenters. The van der Waals surface area contributed by atoms with Gasteiger partial charge in [0.25, 0.3) is 0 Å². The molecule has 34 heavy (non-hydrogen) atoms. The number of unbranched alkanes of at least 4 members (excludes halogenated alkanes) is 1.